The number of hydrogen-bond acceptors (Lipinski definition) is 6. The van der Waals surface area contributed by atoms with Crippen molar-refractivity contribution >= 4 is 11.8 Å². The molecule has 0 aromatic heterocycles. The molecule has 2 aromatic rings. The molecule has 1 heterocycles. The fraction of sp³-hybridized carbons (Fsp3) is 0.316. The average Bonchev–Trinajstić information content (AvgIpc) is 2.98. The Morgan fingerprint density at radius 1 is 1.15 bits per heavy atom. The number of ether oxygens (including phenoxy) is 3. The standard InChI is InChI=1S/C19H22N2O5/c1-24-17-6-4-12(9-18(17)25-2)7-14-11-26-19(23)21(14)10-13-3-5-16(22)15(20)8-13/h3-6,8-9,14,22H,7,10-11,20H2,1-2H3. The van der Waals surface area contributed by atoms with Gasteiger partial charge in [0.05, 0.1) is 25.9 Å². The van der Waals surface area contributed by atoms with Gasteiger partial charge in [0.25, 0.3) is 0 Å². The lowest BCUT2D eigenvalue weighted by Crippen LogP contribution is -2.34. The Morgan fingerprint density at radius 3 is 2.58 bits per heavy atom. The van der Waals surface area contributed by atoms with Crippen LogP contribution in [0.3, 0.4) is 0 Å². The van der Waals surface area contributed by atoms with E-state index >= 15 is 0 Å². The molecule has 26 heavy (non-hydrogen) atoms. The molecule has 0 radical (unpaired) electrons. The number of nitrogens with zero attached hydrogens (tertiary/aromatic N) is 1. The van der Waals surface area contributed by atoms with Gasteiger partial charge >= 0.3 is 6.09 Å². The molecule has 7 nitrogen and oxygen atoms in total. The molecule has 3 rings (SSSR count). The summed E-state index contributed by atoms with van der Waals surface area (Å²) in [5, 5.41) is 9.54. The zero-order valence-corrected chi connectivity index (χ0v) is 14.8. The van der Waals surface area contributed by atoms with Crippen molar-refractivity contribution in [1.29, 1.82) is 0 Å². The Bertz CT molecular complexity index is 809. The van der Waals surface area contributed by atoms with Crippen LogP contribution in [0, 0.1) is 0 Å². The van der Waals surface area contributed by atoms with E-state index in [9.17, 15) is 9.90 Å². The zero-order valence-electron chi connectivity index (χ0n) is 14.8. The number of nitrogen functional groups attached to an aromatic ring is 1. The number of carbonyl (C=O) groups excluding carboxylic acids is 1. The van der Waals surface area contributed by atoms with Gasteiger partial charge in [-0.15, -0.1) is 0 Å². The molecule has 0 bridgehead atoms. The van der Waals surface area contributed by atoms with Crippen LogP contribution >= 0.6 is 0 Å². The Morgan fingerprint density at radius 2 is 1.88 bits per heavy atom. The maximum absolute atomic E-state index is 12.1. The van der Waals surface area contributed by atoms with Crippen molar-refractivity contribution in [3.63, 3.8) is 0 Å². The molecule has 0 saturated carbocycles. The van der Waals surface area contributed by atoms with Gasteiger partial charge in [-0.05, 0) is 41.8 Å². The highest BCUT2D eigenvalue weighted by Crippen LogP contribution is 2.30. The Kier molecular flexibility index (Phi) is 5.06. The molecule has 2 aromatic carbocycles. The quantitative estimate of drug-likeness (QED) is 0.609. The Balaban J connectivity index is 1.76. The van der Waals surface area contributed by atoms with Crippen LogP contribution in [0.5, 0.6) is 17.2 Å². The van der Waals surface area contributed by atoms with Crippen molar-refractivity contribution < 1.29 is 24.1 Å². The normalized spacial score (nSPS) is 16.5. The third-order valence-electron chi connectivity index (χ3n) is 4.44. The van der Waals surface area contributed by atoms with Crippen molar-refractivity contribution in [3.05, 3.63) is 47.5 Å². The molecule has 3 N–H and O–H groups in total. The predicted octanol–water partition coefficient (Wildman–Crippen LogP) is 2.56. The molecule has 0 spiro atoms. The highest BCUT2D eigenvalue weighted by Gasteiger charge is 2.33. The largest absolute Gasteiger partial charge is 0.506 e. The minimum absolute atomic E-state index is 0.0274. The number of cyclic esters (lactones) is 1. The van der Waals surface area contributed by atoms with Gasteiger partial charge in [-0.2, -0.15) is 0 Å². The number of methoxy groups -OCH3 is 2. The summed E-state index contributed by atoms with van der Waals surface area (Å²) in [6.07, 6.45) is 0.266. The molecule has 1 unspecified atom stereocenters. The van der Waals surface area contributed by atoms with Crippen molar-refractivity contribution in [2.75, 3.05) is 26.6 Å². The SMILES string of the molecule is COc1ccc(CC2COC(=O)N2Cc2ccc(O)c(N)c2)cc1OC. The highest BCUT2D eigenvalue weighted by molar-refractivity contribution is 5.70. The van der Waals surface area contributed by atoms with E-state index in [1.165, 1.54) is 6.07 Å². The number of rotatable bonds is 6. The van der Waals surface area contributed by atoms with Gasteiger partial charge in [-0.25, -0.2) is 4.79 Å². The average molecular weight is 358 g/mol. The summed E-state index contributed by atoms with van der Waals surface area (Å²) in [6, 6.07) is 10.5. The van der Waals surface area contributed by atoms with E-state index < -0.39 is 0 Å². The minimum atomic E-state index is -0.359. The first kappa shape index (κ1) is 17.7. The van der Waals surface area contributed by atoms with E-state index in [0.717, 1.165) is 11.1 Å². The van der Waals surface area contributed by atoms with Gasteiger partial charge in [0, 0.05) is 6.54 Å². The number of amides is 1. The highest BCUT2D eigenvalue weighted by atomic mass is 16.6. The molecule has 1 fully saturated rings. The summed E-state index contributed by atoms with van der Waals surface area (Å²) in [4.78, 5) is 13.8. The van der Waals surface area contributed by atoms with Crippen molar-refractivity contribution in [1.82, 2.24) is 4.90 Å². The number of phenols is 1. The van der Waals surface area contributed by atoms with E-state index in [-0.39, 0.29) is 23.6 Å². The first-order valence-corrected chi connectivity index (χ1v) is 8.23. The summed E-state index contributed by atoms with van der Waals surface area (Å²) in [5.74, 6) is 1.33. The fourth-order valence-corrected chi connectivity index (χ4v) is 3.03. The van der Waals surface area contributed by atoms with Crippen molar-refractivity contribution in [2.45, 2.75) is 19.0 Å². The van der Waals surface area contributed by atoms with Crippen LogP contribution in [0.4, 0.5) is 10.5 Å². The number of carbonyl (C=O) groups is 1. The topological polar surface area (TPSA) is 94.2 Å². The van der Waals surface area contributed by atoms with E-state index in [2.05, 4.69) is 0 Å². The molecule has 0 aliphatic carbocycles. The van der Waals surface area contributed by atoms with Crippen LogP contribution in [0.1, 0.15) is 11.1 Å². The third-order valence-corrected chi connectivity index (χ3v) is 4.44. The maximum atomic E-state index is 12.1. The number of phenolic OH excluding ortho intramolecular Hbond substituents is 1. The van der Waals surface area contributed by atoms with E-state index in [1.54, 1.807) is 31.3 Å². The van der Waals surface area contributed by atoms with Crippen LogP contribution in [0.15, 0.2) is 36.4 Å². The molecule has 138 valence electrons. The zero-order chi connectivity index (χ0) is 18.7. The molecule has 1 amide bonds. The van der Waals surface area contributed by atoms with Crippen molar-refractivity contribution in [3.8, 4) is 17.2 Å². The summed E-state index contributed by atoms with van der Waals surface area (Å²) < 4.78 is 15.8. The van der Waals surface area contributed by atoms with Crippen LogP contribution in [0.25, 0.3) is 0 Å². The second-order valence-corrected chi connectivity index (χ2v) is 6.15. The lowest BCUT2D eigenvalue weighted by molar-refractivity contribution is 0.156. The molecule has 1 atom stereocenters. The lowest BCUT2D eigenvalue weighted by atomic mass is 10.0. The fourth-order valence-electron chi connectivity index (χ4n) is 3.03. The summed E-state index contributed by atoms with van der Waals surface area (Å²) in [5.41, 5.74) is 7.87. The Hall–Kier alpha value is -3.09. The lowest BCUT2D eigenvalue weighted by Gasteiger charge is -2.22. The van der Waals surface area contributed by atoms with Crippen LogP contribution in [0.2, 0.25) is 0 Å². The molecule has 1 aliphatic rings. The van der Waals surface area contributed by atoms with E-state index in [1.807, 2.05) is 18.2 Å². The second kappa shape index (κ2) is 7.43. The molecule has 1 aliphatic heterocycles. The second-order valence-electron chi connectivity index (χ2n) is 6.15. The first-order chi connectivity index (χ1) is 12.5. The third kappa shape index (κ3) is 3.61. The minimum Gasteiger partial charge on any atom is -0.506 e. The monoisotopic (exact) mass is 358 g/mol. The molecular formula is C19H22N2O5. The van der Waals surface area contributed by atoms with E-state index in [4.69, 9.17) is 19.9 Å². The Labute approximate surface area is 151 Å². The molecular weight excluding hydrogens is 336 g/mol. The number of nitrogens with two attached hydrogens (primary N) is 1. The van der Waals surface area contributed by atoms with Gasteiger partial charge in [-0.3, -0.25) is 4.90 Å². The van der Waals surface area contributed by atoms with Gasteiger partial charge in [0.2, 0.25) is 0 Å². The smallest absolute Gasteiger partial charge is 0.410 e. The number of aromatic hydroxyl groups is 1. The molecule has 7 heteroatoms. The number of hydrogen-bond donors (Lipinski definition) is 2. The van der Waals surface area contributed by atoms with Gasteiger partial charge in [0.1, 0.15) is 12.4 Å². The van der Waals surface area contributed by atoms with Gasteiger partial charge < -0.3 is 25.1 Å². The van der Waals surface area contributed by atoms with Crippen LogP contribution in [-0.4, -0.2) is 43.0 Å². The molecule has 1 saturated heterocycles. The van der Waals surface area contributed by atoms with Gasteiger partial charge in [-0.1, -0.05) is 12.1 Å². The number of benzene rings is 2. The van der Waals surface area contributed by atoms with Crippen LogP contribution < -0.4 is 15.2 Å². The predicted molar refractivity (Wildman–Crippen MR) is 96.4 cm³/mol. The maximum Gasteiger partial charge on any atom is 0.410 e. The van der Waals surface area contributed by atoms with Gasteiger partial charge in [0.15, 0.2) is 11.5 Å². The van der Waals surface area contributed by atoms with E-state index in [0.29, 0.717) is 31.1 Å². The first-order valence-electron chi connectivity index (χ1n) is 8.23. The summed E-state index contributed by atoms with van der Waals surface area (Å²) in [7, 11) is 3.18. The summed E-state index contributed by atoms with van der Waals surface area (Å²) in [6.45, 7) is 0.683. The summed E-state index contributed by atoms with van der Waals surface area (Å²) >= 11 is 0. The number of anilines is 1. The van der Waals surface area contributed by atoms with Crippen molar-refractivity contribution in [2.24, 2.45) is 0 Å². The van der Waals surface area contributed by atoms with Crippen LogP contribution in [-0.2, 0) is 17.7 Å².